The zero-order valence-electron chi connectivity index (χ0n) is 18.9. The number of nitrogens with zero attached hydrogens (tertiary/aromatic N) is 3. The minimum Gasteiger partial charge on any atom is -0.379 e. The average molecular weight is 515 g/mol. The fourth-order valence-corrected chi connectivity index (χ4v) is 6.40. The number of fused-ring (bicyclic) bond motifs is 1. The van der Waals surface area contributed by atoms with Crippen LogP contribution in [0.1, 0.15) is 20.9 Å². The lowest BCUT2D eigenvalue weighted by atomic mass is 10.2. The lowest BCUT2D eigenvalue weighted by Gasteiger charge is -2.26. The first-order valence-electron chi connectivity index (χ1n) is 11.0. The molecule has 1 N–H and O–H groups in total. The van der Waals surface area contributed by atoms with E-state index in [1.807, 2.05) is 11.6 Å². The van der Waals surface area contributed by atoms with Gasteiger partial charge in [-0.25, -0.2) is 12.8 Å². The van der Waals surface area contributed by atoms with Crippen LogP contribution in [0.3, 0.4) is 0 Å². The van der Waals surface area contributed by atoms with Crippen molar-refractivity contribution < 1.29 is 22.3 Å². The van der Waals surface area contributed by atoms with Gasteiger partial charge in [0.05, 0.1) is 35.2 Å². The van der Waals surface area contributed by atoms with E-state index in [2.05, 4.69) is 10.4 Å². The predicted octanol–water partition coefficient (Wildman–Crippen LogP) is 3.87. The van der Waals surface area contributed by atoms with E-state index in [1.165, 1.54) is 39.9 Å². The van der Waals surface area contributed by atoms with Crippen molar-refractivity contribution in [3.8, 4) is 0 Å². The smallest absolute Gasteiger partial charge is 0.265 e. The molecule has 2 aromatic heterocycles. The number of thiophene rings is 1. The highest BCUT2D eigenvalue weighted by atomic mass is 32.2. The molecular formula is C24H23FN4O4S2. The van der Waals surface area contributed by atoms with Crippen LogP contribution < -0.4 is 5.32 Å². The Morgan fingerprint density at radius 2 is 1.80 bits per heavy atom. The maximum absolute atomic E-state index is 13.2. The fraction of sp³-hybridized carbons (Fsp3) is 0.250. The summed E-state index contributed by atoms with van der Waals surface area (Å²) in [5.41, 5.74) is 2.20. The van der Waals surface area contributed by atoms with Crippen LogP contribution in [0.2, 0.25) is 0 Å². The predicted molar refractivity (Wildman–Crippen MR) is 132 cm³/mol. The third-order valence-corrected chi connectivity index (χ3v) is 8.86. The number of sulfonamides is 1. The van der Waals surface area contributed by atoms with E-state index in [9.17, 15) is 17.6 Å². The van der Waals surface area contributed by atoms with Gasteiger partial charge in [-0.05, 0) is 55.0 Å². The van der Waals surface area contributed by atoms with Gasteiger partial charge in [0.25, 0.3) is 5.91 Å². The summed E-state index contributed by atoms with van der Waals surface area (Å²) in [5, 5.41) is 8.27. The summed E-state index contributed by atoms with van der Waals surface area (Å²) >= 11 is 1.32. The van der Waals surface area contributed by atoms with Crippen LogP contribution in [0.4, 0.5) is 10.1 Å². The highest BCUT2D eigenvalue weighted by molar-refractivity contribution is 7.89. The first kappa shape index (κ1) is 23.6. The molecule has 182 valence electrons. The van der Waals surface area contributed by atoms with Crippen LogP contribution in [0.5, 0.6) is 0 Å². The van der Waals surface area contributed by atoms with Crippen molar-refractivity contribution in [3.63, 3.8) is 0 Å². The largest absolute Gasteiger partial charge is 0.379 e. The summed E-state index contributed by atoms with van der Waals surface area (Å²) in [7, 11) is -3.59. The van der Waals surface area contributed by atoms with Gasteiger partial charge in [-0.1, -0.05) is 12.1 Å². The normalized spacial score (nSPS) is 14.9. The topological polar surface area (TPSA) is 93.5 Å². The number of morpholine rings is 1. The monoisotopic (exact) mass is 514 g/mol. The molecule has 1 fully saturated rings. The number of hydrogen-bond donors (Lipinski definition) is 1. The summed E-state index contributed by atoms with van der Waals surface area (Å²) in [6, 6.07) is 14.2. The SMILES string of the molecule is Cc1nn(Cc2ccc(F)cc2)c2sc(C(=O)Nc3ccc(S(=O)(=O)N4CCOCC4)cc3)cc12. The van der Waals surface area contributed by atoms with Crippen molar-refractivity contribution >= 4 is 43.2 Å². The second-order valence-corrected chi connectivity index (χ2v) is 11.2. The van der Waals surface area contributed by atoms with E-state index in [1.54, 1.807) is 30.3 Å². The molecule has 0 aliphatic carbocycles. The Labute approximate surface area is 206 Å². The van der Waals surface area contributed by atoms with E-state index < -0.39 is 10.0 Å². The number of hydrogen-bond acceptors (Lipinski definition) is 6. The molecule has 4 aromatic rings. The van der Waals surface area contributed by atoms with Crippen LogP contribution in [-0.2, 0) is 21.3 Å². The van der Waals surface area contributed by atoms with Gasteiger partial charge in [-0.2, -0.15) is 9.40 Å². The highest BCUT2D eigenvalue weighted by Crippen LogP contribution is 2.30. The van der Waals surface area contributed by atoms with Crippen molar-refractivity contribution in [2.45, 2.75) is 18.4 Å². The number of aromatic nitrogens is 2. The minimum absolute atomic E-state index is 0.177. The molecule has 0 unspecified atom stereocenters. The van der Waals surface area contributed by atoms with Crippen molar-refractivity contribution in [1.29, 1.82) is 0 Å². The Bertz CT molecular complexity index is 1470. The molecule has 0 saturated carbocycles. The van der Waals surface area contributed by atoms with Gasteiger partial charge in [-0.15, -0.1) is 11.3 Å². The quantitative estimate of drug-likeness (QED) is 0.422. The Balaban J connectivity index is 1.32. The summed E-state index contributed by atoms with van der Waals surface area (Å²) in [6.45, 7) is 3.75. The number of carbonyl (C=O) groups excluding carboxylic acids is 1. The molecule has 1 saturated heterocycles. The molecular weight excluding hydrogens is 491 g/mol. The molecule has 35 heavy (non-hydrogen) atoms. The van der Waals surface area contributed by atoms with Crippen LogP contribution in [0.25, 0.3) is 10.2 Å². The lowest BCUT2D eigenvalue weighted by Crippen LogP contribution is -2.40. The first-order valence-corrected chi connectivity index (χ1v) is 13.3. The van der Waals surface area contributed by atoms with Crippen LogP contribution in [0, 0.1) is 12.7 Å². The zero-order chi connectivity index (χ0) is 24.6. The molecule has 1 aliphatic heterocycles. The first-order chi connectivity index (χ1) is 16.8. The molecule has 11 heteroatoms. The Hall–Kier alpha value is -3.12. The van der Waals surface area contributed by atoms with E-state index in [4.69, 9.17) is 4.74 Å². The maximum Gasteiger partial charge on any atom is 0.265 e. The number of anilines is 1. The fourth-order valence-electron chi connectivity index (χ4n) is 3.93. The Morgan fingerprint density at radius 3 is 2.49 bits per heavy atom. The summed E-state index contributed by atoms with van der Waals surface area (Å²) in [6.07, 6.45) is 0. The van der Waals surface area contributed by atoms with Crippen molar-refractivity contribution in [1.82, 2.24) is 14.1 Å². The molecule has 0 bridgehead atoms. The van der Waals surface area contributed by atoms with Crippen molar-refractivity contribution in [2.75, 3.05) is 31.6 Å². The number of halogens is 1. The lowest BCUT2D eigenvalue weighted by molar-refractivity contribution is 0.0730. The zero-order valence-corrected chi connectivity index (χ0v) is 20.5. The molecule has 0 radical (unpaired) electrons. The van der Waals surface area contributed by atoms with Crippen molar-refractivity contribution in [2.24, 2.45) is 0 Å². The molecule has 2 aromatic carbocycles. The molecule has 0 spiro atoms. The number of rotatable bonds is 6. The molecule has 3 heterocycles. The van der Waals surface area contributed by atoms with Gasteiger partial charge < -0.3 is 10.1 Å². The van der Waals surface area contributed by atoms with Gasteiger partial charge in [0.2, 0.25) is 10.0 Å². The standard InChI is InChI=1S/C24H23FN4O4S2/c1-16-21-14-22(34-24(21)29(27-16)15-17-2-4-18(25)5-3-17)23(30)26-19-6-8-20(9-7-19)35(31,32)28-10-12-33-13-11-28/h2-9,14H,10-13,15H2,1H3,(H,26,30). The van der Waals surface area contributed by atoms with Gasteiger partial charge in [0.1, 0.15) is 10.6 Å². The summed E-state index contributed by atoms with van der Waals surface area (Å²) < 4.78 is 47.2. The Morgan fingerprint density at radius 1 is 1.11 bits per heavy atom. The van der Waals surface area contributed by atoms with Gasteiger partial charge in [0.15, 0.2) is 0 Å². The van der Waals surface area contributed by atoms with E-state index >= 15 is 0 Å². The number of amides is 1. The third kappa shape index (κ3) is 4.85. The summed E-state index contributed by atoms with van der Waals surface area (Å²) in [4.78, 5) is 14.5. The van der Waals surface area contributed by atoms with Crippen LogP contribution in [-0.4, -0.2) is 54.7 Å². The molecule has 8 nitrogen and oxygen atoms in total. The highest BCUT2D eigenvalue weighted by Gasteiger charge is 2.26. The molecule has 0 atom stereocenters. The van der Waals surface area contributed by atoms with Gasteiger partial charge >= 0.3 is 0 Å². The second kappa shape index (κ2) is 9.50. The van der Waals surface area contributed by atoms with Crippen molar-refractivity contribution in [3.05, 3.63) is 76.5 Å². The van der Waals surface area contributed by atoms with Gasteiger partial charge in [0, 0.05) is 24.2 Å². The van der Waals surface area contributed by atoms with Crippen LogP contribution in [0.15, 0.2) is 59.5 Å². The molecule has 1 amide bonds. The second-order valence-electron chi connectivity index (χ2n) is 8.19. The summed E-state index contributed by atoms with van der Waals surface area (Å²) in [5.74, 6) is -0.583. The minimum atomic E-state index is -3.59. The maximum atomic E-state index is 13.2. The molecule has 5 rings (SSSR count). The number of aryl methyl sites for hydroxylation is 1. The number of nitrogens with one attached hydrogen (secondary N) is 1. The third-order valence-electron chi connectivity index (χ3n) is 5.80. The average Bonchev–Trinajstić information content (AvgIpc) is 3.43. The Kier molecular flexibility index (Phi) is 6.41. The number of ether oxygens (including phenoxy) is 1. The molecule has 1 aliphatic rings. The van der Waals surface area contributed by atoms with E-state index in [-0.39, 0.29) is 16.6 Å². The van der Waals surface area contributed by atoms with Gasteiger partial charge in [-0.3, -0.25) is 9.48 Å². The van der Waals surface area contributed by atoms with Crippen LogP contribution >= 0.6 is 11.3 Å². The van der Waals surface area contributed by atoms with E-state index in [0.717, 1.165) is 21.5 Å². The van der Waals surface area contributed by atoms with E-state index in [0.29, 0.717) is 43.4 Å². The number of carbonyl (C=O) groups is 1. The number of benzene rings is 2.